The Hall–Kier alpha value is -1.25. The number of methoxy groups -OCH3 is 1. The van der Waals surface area contributed by atoms with Gasteiger partial charge in [-0.3, -0.25) is 4.72 Å². The molecule has 1 aromatic heterocycles. The molecule has 3 aromatic rings. The third kappa shape index (κ3) is 4.35. The zero-order chi connectivity index (χ0) is 18.7. The molecule has 0 unspecified atom stereocenters. The van der Waals surface area contributed by atoms with Crippen LogP contribution in [0, 0.1) is 6.92 Å². The van der Waals surface area contributed by atoms with Crippen LogP contribution >= 0.6 is 34.7 Å². The van der Waals surface area contributed by atoms with E-state index in [1.54, 1.807) is 61.4 Å². The molecule has 1 N–H and O–H groups in total. The number of thioether (sulfide) groups is 1. The molecule has 0 aliphatic rings. The molecule has 2 aromatic carbocycles. The van der Waals surface area contributed by atoms with E-state index in [0.717, 1.165) is 15.8 Å². The van der Waals surface area contributed by atoms with Gasteiger partial charge in [0.2, 0.25) is 0 Å². The lowest BCUT2D eigenvalue weighted by Gasteiger charge is -2.11. The number of ether oxygens (including phenoxy) is 1. The summed E-state index contributed by atoms with van der Waals surface area (Å²) in [6.45, 7) is 2.39. The van der Waals surface area contributed by atoms with Crippen LogP contribution in [0.1, 0.15) is 5.56 Å². The van der Waals surface area contributed by atoms with E-state index in [-0.39, 0.29) is 4.90 Å². The Morgan fingerprint density at radius 2 is 2.04 bits per heavy atom. The van der Waals surface area contributed by atoms with Gasteiger partial charge in [0.05, 0.1) is 21.4 Å². The number of halogens is 1. The van der Waals surface area contributed by atoms with E-state index in [2.05, 4.69) is 10.8 Å². The second kappa shape index (κ2) is 8.19. The van der Waals surface area contributed by atoms with E-state index < -0.39 is 10.0 Å². The number of hydrogen-bond donors (Lipinski definition) is 1. The van der Waals surface area contributed by atoms with Gasteiger partial charge in [-0.15, -0.1) is 23.1 Å². The first-order valence-corrected chi connectivity index (χ1v) is 11.5. The largest absolute Gasteiger partial charge is 0.384 e. The average molecular weight is 428 g/mol. The molecule has 0 radical (unpaired) electrons. The molecule has 26 heavy (non-hydrogen) atoms. The Morgan fingerprint density at radius 3 is 2.81 bits per heavy atom. The molecule has 4 nitrogen and oxygen atoms in total. The van der Waals surface area contributed by atoms with Crippen LogP contribution < -0.4 is 4.72 Å². The van der Waals surface area contributed by atoms with Crippen LogP contribution in [0.5, 0.6) is 0 Å². The Kier molecular flexibility index (Phi) is 6.14. The van der Waals surface area contributed by atoms with Crippen molar-refractivity contribution < 1.29 is 13.2 Å². The molecule has 0 saturated carbocycles. The van der Waals surface area contributed by atoms with Gasteiger partial charge in [-0.2, -0.15) is 0 Å². The molecule has 3 rings (SSSR count). The topological polar surface area (TPSA) is 55.4 Å². The quantitative estimate of drug-likeness (QED) is 0.405. The molecule has 1 heterocycles. The van der Waals surface area contributed by atoms with Gasteiger partial charge in [-0.1, -0.05) is 23.7 Å². The summed E-state index contributed by atoms with van der Waals surface area (Å²) in [5.74, 6) is 0.886. The fourth-order valence-corrected chi connectivity index (χ4v) is 6.25. The van der Waals surface area contributed by atoms with Gasteiger partial charge in [-0.25, -0.2) is 8.42 Å². The maximum Gasteiger partial charge on any atom is 0.262 e. The zero-order valence-electron chi connectivity index (χ0n) is 14.3. The van der Waals surface area contributed by atoms with Crippen molar-refractivity contribution in [3.05, 3.63) is 53.1 Å². The summed E-state index contributed by atoms with van der Waals surface area (Å²) < 4.78 is 35.3. The molecule has 0 aliphatic carbocycles. The fraction of sp³-hybridized carbons (Fsp3) is 0.222. The predicted octanol–water partition coefficient (Wildman–Crippen LogP) is 5.40. The molecular formula is C18H18ClNO3S3. The van der Waals surface area contributed by atoms with E-state index in [1.165, 1.54) is 4.21 Å². The molecule has 0 bridgehead atoms. The van der Waals surface area contributed by atoms with Gasteiger partial charge in [0.1, 0.15) is 0 Å². The monoisotopic (exact) mass is 427 g/mol. The van der Waals surface area contributed by atoms with Crippen molar-refractivity contribution in [2.24, 2.45) is 0 Å². The Morgan fingerprint density at radius 1 is 1.23 bits per heavy atom. The molecule has 0 amide bonds. The maximum absolute atomic E-state index is 12.7. The second-order valence-electron chi connectivity index (χ2n) is 5.63. The number of hydrogen-bond acceptors (Lipinski definition) is 5. The molecule has 8 heteroatoms. The fourth-order valence-electron chi connectivity index (χ4n) is 2.46. The van der Waals surface area contributed by atoms with Gasteiger partial charge < -0.3 is 4.74 Å². The van der Waals surface area contributed by atoms with Gasteiger partial charge >= 0.3 is 0 Å². The van der Waals surface area contributed by atoms with Crippen molar-refractivity contribution in [3.8, 4) is 0 Å². The lowest BCUT2D eigenvalue weighted by Crippen LogP contribution is -2.14. The van der Waals surface area contributed by atoms with Gasteiger partial charge in [0, 0.05) is 22.6 Å². The van der Waals surface area contributed by atoms with Crippen LogP contribution in [-0.4, -0.2) is 27.9 Å². The Bertz CT molecular complexity index is 1030. The zero-order valence-corrected chi connectivity index (χ0v) is 17.5. The number of benzene rings is 2. The summed E-state index contributed by atoms with van der Waals surface area (Å²) in [5.41, 5.74) is 1.07. The number of anilines is 1. The van der Waals surface area contributed by atoms with Crippen molar-refractivity contribution in [1.82, 2.24) is 0 Å². The minimum Gasteiger partial charge on any atom is -0.384 e. The average Bonchev–Trinajstić information content (AvgIpc) is 2.99. The summed E-state index contributed by atoms with van der Waals surface area (Å²) >= 11 is 9.43. The van der Waals surface area contributed by atoms with E-state index in [1.807, 2.05) is 12.1 Å². The first kappa shape index (κ1) is 19.5. The van der Waals surface area contributed by atoms with Crippen molar-refractivity contribution >= 4 is 60.5 Å². The molecule has 0 fully saturated rings. The first-order valence-electron chi connectivity index (χ1n) is 7.84. The second-order valence-corrected chi connectivity index (χ2v) is 10.2. The normalized spacial score (nSPS) is 11.8. The lowest BCUT2D eigenvalue weighted by molar-refractivity contribution is 0.218. The molecule has 138 valence electrons. The summed E-state index contributed by atoms with van der Waals surface area (Å²) in [6, 6.07) is 12.5. The maximum atomic E-state index is 12.7. The number of sulfonamides is 1. The third-order valence-corrected chi connectivity index (χ3v) is 7.99. The van der Waals surface area contributed by atoms with Gasteiger partial charge in [0.15, 0.2) is 0 Å². The van der Waals surface area contributed by atoms with E-state index in [0.29, 0.717) is 22.9 Å². The lowest BCUT2D eigenvalue weighted by atomic mass is 10.2. The summed E-state index contributed by atoms with van der Waals surface area (Å²) in [7, 11) is -2.01. The SMILES string of the molecule is COCCSc1cc2ccc(NS(=O)(=O)c3cccc(Cl)c3C)cc2s1. The Balaban J connectivity index is 1.85. The van der Waals surface area contributed by atoms with Crippen molar-refractivity contribution in [3.63, 3.8) is 0 Å². The Labute approximate surface area is 166 Å². The first-order chi connectivity index (χ1) is 12.4. The number of thiophene rings is 1. The smallest absolute Gasteiger partial charge is 0.262 e. The number of fused-ring (bicyclic) bond motifs is 1. The van der Waals surface area contributed by atoms with E-state index >= 15 is 0 Å². The highest BCUT2D eigenvalue weighted by atomic mass is 35.5. The molecular weight excluding hydrogens is 410 g/mol. The molecule has 0 aliphatic heterocycles. The minimum absolute atomic E-state index is 0.187. The van der Waals surface area contributed by atoms with E-state index in [9.17, 15) is 8.42 Å². The molecule has 0 saturated heterocycles. The highest BCUT2D eigenvalue weighted by Crippen LogP contribution is 2.35. The molecule has 0 atom stereocenters. The third-order valence-electron chi connectivity index (χ3n) is 3.79. The summed E-state index contributed by atoms with van der Waals surface area (Å²) in [5, 5.41) is 1.52. The molecule has 0 spiro atoms. The highest BCUT2D eigenvalue weighted by Gasteiger charge is 2.18. The summed E-state index contributed by atoms with van der Waals surface area (Å²) in [4.78, 5) is 0.187. The van der Waals surface area contributed by atoms with Crippen molar-refractivity contribution in [2.75, 3.05) is 24.2 Å². The van der Waals surface area contributed by atoms with E-state index in [4.69, 9.17) is 16.3 Å². The highest BCUT2D eigenvalue weighted by molar-refractivity contribution is 8.01. The van der Waals surface area contributed by atoms with Crippen LogP contribution in [0.15, 0.2) is 51.6 Å². The van der Waals surface area contributed by atoms with Crippen LogP contribution in [0.4, 0.5) is 5.69 Å². The number of rotatable bonds is 7. The summed E-state index contributed by atoms with van der Waals surface area (Å²) in [6.07, 6.45) is 0. The minimum atomic E-state index is -3.70. The van der Waals surface area contributed by atoms with Crippen molar-refractivity contribution in [2.45, 2.75) is 16.0 Å². The van der Waals surface area contributed by atoms with Gasteiger partial charge in [0.25, 0.3) is 10.0 Å². The van der Waals surface area contributed by atoms with Crippen LogP contribution in [0.25, 0.3) is 10.1 Å². The predicted molar refractivity (Wildman–Crippen MR) is 111 cm³/mol. The van der Waals surface area contributed by atoms with Crippen molar-refractivity contribution in [1.29, 1.82) is 0 Å². The van der Waals surface area contributed by atoms with Crippen LogP contribution in [0.3, 0.4) is 0 Å². The van der Waals surface area contributed by atoms with Crippen LogP contribution in [0.2, 0.25) is 5.02 Å². The number of nitrogens with one attached hydrogen (secondary N) is 1. The van der Waals surface area contributed by atoms with Crippen LogP contribution in [-0.2, 0) is 14.8 Å². The van der Waals surface area contributed by atoms with Gasteiger partial charge in [-0.05, 0) is 48.2 Å². The standard InChI is InChI=1S/C18H18ClNO3S3/c1-12-15(19)4-3-5-17(12)26(21,22)20-14-7-6-13-10-18(24-9-8-23-2)25-16(13)11-14/h3-7,10-11,20H,8-9H2,1-2H3.